The standard InChI is InChI=1S/C15H25BrN2/c1-11-6-7-12(13(16)8-11)14(9-17)18(5)10-15(2,3)4/h6-8,14H,9-10,17H2,1-5H3. The minimum atomic E-state index is 0.263. The Balaban J connectivity index is 2.95. The average molecular weight is 313 g/mol. The van der Waals surface area contributed by atoms with Crippen LogP contribution in [0, 0.1) is 12.3 Å². The van der Waals surface area contributed by atoms with Gasteiger partial charge >= 0.3 is 0 Å². The van der Waals surface area contributed by atoms with Crippen molar-refractivity contribution in [2.24, 2.45) is 11.1 Å². The van der Waals surface area contributed by atoms with Gasteiger partial charge in [0.15, 0.2) is 0 Å². The number of aryl methyl sites for hydroxylation is 1. The molecule has 2 N–H and O–H groups in total. The van der Waals surface area contributed by atoms with Gasteiger partial charge in [-0.3, -0.25) is 4.90 Å². The number of halogens is 1. The summed E-state index contributed by atoms with van der Waals surface area (Å²) in [5, 5.41) is 0. The number of likely N-dealkylation sites (N-methyl/N-ethyl adjacent to an activating group) is 1. The fraction of sp³-hybridized carbons (Fsp3) is 0.600. The number of rotatable bonds is 4. The molecule has 0 radical (unpaired) electrons. The van der Waals surface area contributed by atoms with E-state index < -0.39 is 0 Å². The third-order valence-corrected chi connectivity index (χ3v) is 3.68. The molecular formula is C15H25BrN2. The molecule has 1 atom stereocenters. The number of nitrogens with zero attached hydrogens (tertiary/aromatic N) is 1. The zero-order valence-electron chi connectivity index (χ0n) is 12.1. The number of nitrogens with two attached hydrogens (primary N) is 1. The van der Waals surface area contributed by atoms with Crippen LogP contribution in [-0.2, 0) is 0 Å². The molecule has 0 saturated heterocycles. The Morgan fingerprint density at radius 3 is 2.39 bits per heavy atom. The third kappa shape index (κ3) is 4.38. The van der Waals surface area contributed by atoms with Crippen molar-refractivity contribution in [3.8, 4) is 0 Å². The van der Waals surface area contributed by atoms with Crippen molar-refractivity contribution in [3.63, 3.8) is 0 Å². The summed E-state index contributed by atoms with van der Waals surface area (Å²) in [7, 11) is 2.15. The maximum absolute atomic E-state index is 5.97. The van der Waals surface area contributed by atoms with Crippen molar-refractivity contribution in [1.82, 2.24) is 4.90 Å². The molecule has 0 aliphatic heterocycles. The third-order valence-electron chi connectivity index (χ3n) is 2.99. The van der Waals surface area contributed by atoms with Gasteiger partial charge in [-0.25, -0.2) is 0 Å². The largest absolute Gasteiger partial charge is 0.329 e. The van der Waals surface area contributed by atoms with Crippen LogP contribution in [0.1, 0.15) is 37.9 Å². The summed E-state index contributed by atoms with van der Waals surface area (Å²) in [6.45, 7) is 10.5. The Labute approximate surface area is 120 Å². The second-order valence-electron chi connectivity index (χ2n) is 6.25. The molecule has 18 heavy (non-hydrogen) atoms. The Bertz CT molecular complexity index is 396. The van der Waals surface area contributed by atoms with E-state index in [0.29, 0.717) is 6.54 Å². The van der Waals surface area contributed by atoms with E-state index in [1.165, 1.54) is 11.1 Å². The highest BCUT2D eigenvalue weighted by Crippen LogP contribution is 2.29. The second kappa shape index (κ2) is 6.18. The quantitative estimate of drug-likeness (QED) is 0.917. The molecule has 0 fully saturated rings. The molecule has 1 aromatic rings. The van der Waals surface area contributed by atoms with Crippen LogP contribution < -0.4 is 5.73 Å². The summed E-state index contributed by atoms with van der Waals surface area (Å²) in [5.74, 6) is 0. The van der Waals surface area contributed by atoms with Crippen LogP contribution >= 0.6 is 15.9 Å². The Hall–Kier alpha value is -0.380. The van der Waals surface area contributed by atoms with Crippen LogP contribution in [0.5, 0.6) is 0 Å². The molecule has 0 bridgehead atoms. The Kier molecular flexibility index (Phi) is 5.38. The molecular weight excluding hydrogens is 288 g/mol. The molecule has 0 aromatic heterocycles. The summed E-state index contributed by atoms with van der Waals surface area (Å²) in [5.41, 5.74) is 8.78. The first-order valence-corrected chi connectivity index (χ1v) is 7.20. The van der Waals surface area contributed by atoms with Crippen molar-refractivity contribution in [1.29, 1.82) is 0 Å². The average Bonchev–Trinajstić information content (AvgIpc) is 2.19. The van der Waals surface area contributed by atoms with Gasteiger partial charge in [0.25, 0.3) is 0 Å². The summed E-state index contributed by atoms with van der Waals surface area (Å²) in [6.07, 6.45) is 0. The van der Waals surface area contributed by atoms with Gasteiger partial charge in [0.05, 0.1) is 0 Å². The highest BCUT2D eigenvalue weighted by Gasteiger charge is 2.22. The van der Waals surface area contributed by atoms with Gasteiger partial charge in [-0.2, -0.15) is 0 Å². The zero-order chi connectivity index (χ0) is 13.9. The molecule has 2 nitrogen and oxygen atoms in total. The molecule has 0 saturated carbocycles. The summed E-state index contributed by atoms with van der Waals surface area (Å²) in [4.78, 5) is 2.34. The van der Waals surface area contributed by atoms with Crippen LogP contribution in [0.2, 0.25) is 0 Å². The number of benzene rings is 1. The highest BCUT2D eigenvalue weighted by molar-refractivity contribution is 9.10. The van der Waals surface area contributed by atoms with Crippen LogP contribution in [0.15, 0.2) is 22.7 Å². The zero-order valence-corrected chi connectivity index (χ0v) is 13.7. The first-order chi connectivity index (χ1) is 8.24. The predicted octanol–water partition coefficient (Wildman–Crippen LogP) is 3.74. The molecule has 1 rings (SSSR count). The van der Waals surface area contributed by atoms with Gasteiger partial charge in [0.2, 0.25) is 0 Å². The molecule has 0 amide bonds. The minimum Gasteiger partial charge on any atom is -0.329 e. The smallest absolute Gasteiger partial charge is 0.0478 e. The van der Waals surface area contributed by atoms with E-state index in [1.54, 1.807) is 0 Å². The Morgan fingerprint density at radius 2 is 1.94 bits per heavy atom. The molecule has 0 aliphatic carbocycles. The molecule has 0 aliphatic rings. The van der Waals surface area contributed by atoms with Crippen molar-refractivity contribution in [3.05, 3.63) is 33.8 Å². The molecule has 0 heterocycles. The van der Waals surface area contributed by atoms with Crippen molar-refractivity contribution < 1.29 is 0 Å². The van der Waals surface area contributed by atoms with Gasteiger partial charge in [-0.15, -0.1) is 0 Å². The molecule has 0 spiro atoms. The lowest BCUT2D eigenvalue weighted by Crippen LogP contribution is -2.36. The van der Waals surface area contributed by atoms with Crippen molar-refractivity contribution in [2.45, 2.75) is 33.7 Å². The normalized spacial score (nSPS) is 14.0. The first-order valence-electron chi connectivity index (χ1n) is 6.41. The molecule has 3 heteroatoms. The van der Waals surface area contributed by atoms with Crippen LogP contribution in [0.4, 0.5) is 0 Å². The van der Waals surface area contributed by atoms with Gasteiger partial charge in [-0.1, -0.05) is 48.8 Å². The lowest BCUT2D eigenvalue weighted by Gasteiger charge is -2.33. The number of hydrogen-bond donors (Lipinski definition) is 1. The van der Waals surface area contributed by atoms with Gasteiger partial charge in [0.1, 0.15) is 0 Å². The fourth-order valence-electron chi connectivity index (χ4n) is 2.31. The van der Waals surface area contributed by atoms with Gasteiger partial charge in [0, 0.05) is 23.6 Å². The Morgan fingerprint density at radius 1 is 1.33 bits per heavy atom. The predicted molar refractivity (Wildman–Crippen MR) is 82.8 cm³/mol. The van der Waals surface area contributed by atoms with E-state index in [0.717, 1.165) is 11.0 Å². The minimum absolute atomic E-state index is 0.263. The SMILES string of the molecule is Cc1ccc(C(CN)N(C)CC(C)(C)C)c(Br)c1. The van der Waals surface area contributed by atoms with Gasteiger partial charge in [-0.05, 0) is 36.6 Å². The molecule has 1 aromatic carbocycles. The van der Waals surface area contributed by atoms with Gasteiger partial charge < -0.3 is 5.73 Å². The van der Waals surface area contributed by atoms with Crippen LogP contribution in [-0.4, -0.2) is 25.0 Å². The topological polar surface area (TPSA) is 29.3 Å². The van der Waals surface area contributed by atoms with Crippen LogP contribution in [0.25, 0.3) is 0 Å². The summed E-state index contributed by atoms with van der Waals surface area (Å²) in [6, 6.07) is 6.74. The lowest BCUT2D eigenvalue weighted by molar-refractivity contribution is 0.175. The van der Waals surface area contributed by atoms with Crippen LogP contribution in [0.3, 0.4) is 0 Å². The summed E-state index contributed by atoms with van der Waals surface area (Å²) >= 11 is 3.65. The van der Waals surface area contributed by atoms with E-state index >= 15 is 0 Å². The van der Waals surface area contributed by atoms with Crippen molar-refractivity contribution >= 4 is 15.9 Å². The maximum Gasteiger partial charge on any atom is 0.0478 e. The van der Waals surface area contributed by atoms with E-state index in [4.69, 9.17) is 5.73 Å². The van der Waals surface area contributed by atoms with Crippen molar-refractivity contribution in [2.75, 3.05) is 20.1 Å². The van der Waals surface area contributed by atoms with E-state index in [1.807, 2.05) is 0 Å². The molecule has 102 valence electrons. The molecule has 1 unspecified atom stereocenters. The first kappa shape index (κ1) is 15.7. The second-order valence-corrected chi connectivity index (χ2v) is 7.11. The summed E-state index contributed by atoms with van der Waals surface area (Å²) < 4.78 is 1.15. The number of hydrogen-bond acceptors (Lipinski definition) is 2. The maximum atomic E-state index is 5.97. The van der Waals surface area contributed by atoms with E-state index in [9.17, 15) is 0 Å². The lowest BCUT2D eigenvalue weighted by atomic mass is 9.94. The monoisotopic (exact) mass is 312 g/mol. The fourth-order valence-corrected chi connectivity index (χ4v) is 3.06. The van der Waals surface area contributed by atoms with E-state index in [-0.39, 0.29) is 11.5 Å². The van der Waals surface area contributed by atoms with E-state index in [2.05, 4.69) is 73.8 Å². The highest BCUT2D eigenvalue weighted by atomic mass is 79.9.